The van der Waals surface area contributed by atoms with Crippen LogP contribution in [0.4, 0.5) is 13.2 Å². The van der Waals surface area contributed by atoms with E-state index in [0.717, 1.165) is 23.0 Å². The van der Waals surface area contributed by atoms with E-state index in [1.54, 1.807) is 0 Å². The molecule has 0 aliphatic carbocycles. The van der Waals surface area contributed by atoms with Crippen LogP contribution in [-0.2, 0) is 19.3 Å². The van der Waals surface area contributed by atoms with Gasteiger partial charge in [0.2, 0.25) is 0 Å². The molecule has 2 aromatic carbocycles. The van der Waals surface area contributed by atoms with Crippen molar-refractivity contribution in [2.45, 2.75) is 25.3 Å². The first-order chi connectivity index (χ1) is 12.5. The highest BCUT2D eigenvalue weighted by Crippen LogP contribution is 2.37. The molecule has 1 aliphatic rings. The Hall–Kier alpha value is -2.37. The van der Waals surface area contributed by atoms with Gasteiger partial charge in [0.05, 0.1) is 17.3 Å². The Morgan fingerprint density at radius 3 is 1.93 bits per heavy atom. The summed E-state index contributed by atoms with van der Waals surface area (Å²) in [5.41, 5.74) is 2.91. The summed E-state index contributed by atoms with van der Waals surface area (Å²) in [4.78, 5) is 6.25. The van der Waals surface area contributed by atoms with E-state index in [9.17, 15) is 13.2 Å². The van der Waals surface area contributed by atoms with E-state index in [2.05, 4.69) is 34.1 Å². The molecule has 0 saturated heterocycles. The predicted octanol–water partition coefficient (Wildman–Crippen LogP) is 5.63. The van der Waals surface area contributed by atoms with E-state index in [1.807, 2.05) is 36.4 Å². The van der Waals surface area contributed by atoms with Crippen LogP contribution >= 0.6 is 12.4 Å². The lowest BCUT2D eigenvalue weighted by atomic mass is 9.97. The van der Waals surface area contributed by atoms with Gasteiger partial charge in [-0.15, -0.1) is 12.4 Å². The largest absolute Gasteiger partial charge is 0.417 e. The second kappa shape index (κ2) is 7.71. The molecule has 0 unspecified atom stereocenters. The van der Waals surface area contributed by atoms with Gasteiger partial charge in [0.15, 0.2) is 0 Å². The van der Waals surface area contributed by atoms with Crippen molar-refractivity contribution in [1.29, 1.82) is 0 Å². The van der Waals surface area contributed by atoms with Gasteiger partial charge in [0.25, 0.3) is 0 Å². The average molecular weight is 391 g/mol. The molecule has 0 N–H and O–H groups in total. The normalized spacial score (nSPS) is 14.1. The third-order valence-electron chi connectivity index (χ3n) is 4.71. The minimum absolute atomic E-state index is 0. The Kier molecular flexibility index (Phi) is 5.53. The monoisotopic (exact) mass is 390 g/mol. The Labute approximate surface area is 162 Å². The number of benzene rings is 2. The van der Waals surface area contributed by atoms with Crippen LogP contribution < -0.4 is 0 Å². The van der Waals surface area contributed by atoms with Crippen LogP contribution in [0.1, 0.15) is 34.0 Å². The Morgan fingerprint density at radius 1 is 0.852 bits per heavy atom. The first kappa shape index (κ1) is 19.4. The molecule has 0 bridgehead atoms. The summed E-state index contributed by atoms with van der Waals surface area (Å²) in [5, 5.41) is 0. The van der Waals surface area contributed by atoms with Crippen molar-refractivity contribution in [3.8, 4) is 0 Å². The molecule has 0 amide bonds. The molecule has 2 nitrogen and oxygen atoms in total. The molecular weight excluding hydrogens is 373 g/mol. The first-order valence-electron chi connectivity index (χ1n) is 8.41. The molecule has 0 spiro atoms. The molecule has 0 atom stereocenters. The fourth-order valence-corrected chi connectivity index (χ4v) is 3.51. The summed E-state index contributed by atoms with van der Waals surface area (Å²) >= 11 is 0. The fourth-order valence-electron chi connectivity index (χ4n) is 3.51. The molecule has 2 heterocycles. The summed E-state index contributed by atoms with van der Waals surface area (Å²) in [5.74, 6) is 0. The second-order valence-electron chi connectivity index (χ2n) is 6.46. The number of aromatic nitrogens is 1. The Bertz CT molecular complexity index is 859. The van der Waals surface area contributed by atoms with E-state index < -0.39 is 11.7 Å². The number of rotatable bonds is 3. The fraction of sp³-hybridized carbons (Fsp3) is 0.190. The van der Waals surface area contributed by atoms with Crippen LogP contribution in [0.5, 0.6) is 0 Å². The molecule has 6 heteroatoms. The zero-order valence-corrected chi connectivity index (χ0v) is 15.2. The molecule has 1 aliphatic heterocycles. The molecule has 1 aromatic heterocycles. The van der Waals surface area contributed by atoms with Crippen molar-refractivity contribution in [1.82, 2.24) is 9.88 Å². The average Bonchev–Trinajstić information content (AvgIpc) is 3.05. The quantitative estimate of drug-likeness (QED) is 0.576. The highest BCUT2D eigenvalue weighted by molar-refractivity contribution is 5.85. The summed E-state index contributed by atoms with van der Waals surface area (Å²) < 4.78 is 39.0. The predicted molar refractivity (Wildman–Crippen MR) is 100 cm³/mol. The van der Waals surface area contributed by atoms with Crippen molar-refractivity contribution in [3.05, 3.63) is 101 Å². The van der Waals surface area contributed by atoms with E-state index in [4.69, 9.17) is 0 Å². The SMILES string of the molecule is Cl.FC(F)(F)c1cnc2c(c1)CN(C(c1ccccc1)c1ccccc1)C2. The topological polar surface area (TPSA) is 16.1 Å². The van der Waals surface area contributed by atoms with E-state index in [-0.39, 0.29) is 18.4 Å². The van der Waals surface area contributed by atoms with Crippen molar-refractivity contribution >= 4 is 12.4 Å². The lowest BCUT2D eigenvalue weighted by Crippen LogP contribution is -2.24. The van der Waals surface area contributed by atoms with Crippen molar-refractivity contribution < 1.29 is 13.2 Å². The minimum atomic E-state index is -4.37. The maximum absolute atomic E-state index is 13.0. The number of pyridine rings is 1. The third kappa shape index (κ3) is 3.99. The first-order valence-corrected chi connectivity index (χ1v) is 8.41. The standard InChI is InChI=1S/C21H17F3N2.ClH/c22-21(23,24)18-11-17-13-26(14-19(17)25-12-18)20(15-7-3-1-4-8-15)16-9-5-2-6-10-16;/h1-12,20H,13-14H2;1H. The third-order valence-corrected chi connectivity index (χ3v) is 4.71. The number of hydrogen-bond donors (Lipinski definition) is 0. The van der Waals surface area contributed by atoms with Gasteiger partial charge >= 0.3 is 6.18 Å². The van der Waals surface area contributed by atoms with Crippen LogP contribution in [-0.4, -0.2) is 9.88 Å². The maximum atomic E-state index is 13.0. The lowest BCUT2D eigenvalue weighted by molar-refractivity contribution is -0.137. The molecule has 0 saturated carbocycles. The summed E-state index contributed by atoms with van der Waals surface area (Å²) in [6, 6.07) is 21.3. The van der Waals surface area contributed by atoms with Crippen LogP contribution in [0.3, 0.4) is 0 Å². The van der Waals surface area contributed by atoms with Gasteiger partial charge in [-0.1, -0.05) is 60.7 Å². The molecular formula is C21H18ClF3N2. The van der Waals surface area contributed by atoms with Crippen LogP contribution in [0.2, 0.25) is 0 Å². The molecule has 140 valence electrons. The van der Waals surface area contributed by atoms with E-state index in [0.29, 0.717) is 18.7 Å². The number of halogens is 4. The van der Waals surface area contributed by atoms with Crippen molar-refractivity contribution in [3.63, 3.8) is 0 Å². The highest BCUT2D eigenvalue weighted by Gasteiger charge is 2.34. The minimum Gasteiger partial charge on any atom is -0.282 e. The Morgan fingerprint density at radius 2 is 1.41 bits per heavy atom. The summed E-state index contributed by atoms with van der Waals surface area (Å²) in [6.07, 6.45) is -3.43. The van der Waals surface area contributed by atoms with Crippen LogP contribution in [0.25, 0.3) is 0 Å². The van der Waals surface area contributed by atoms with Gasteiger partial charge in [-0.05, 0) is 22.8 Å². The second-order valence-corrected chi connectivity index (χ2v) is 6.46. The van der Waals surface area contributed by atoms with Gasteiger partial charge in [-0.2, -0.15) is 13.2 Å². The van der Waals surface area contributed by atoms with Gasteiger partial charge in [0.1, 0.15) is 0 Å². The molecule has 0 fully saturated rings. The van der Waals surface area contributed by atoms with Gasteiger partial charge in [-0.25, -0.2) is 0 Å². The van der Waals surface area contributed by atoms with Gasteiger partial charge < -0.3 is 0 Å². The van der Waals surface area contributed by atoms with Crippen molar-refractivity contribution in [2.75, 3.05) is 0 Å². The van der Waals surface area contributed by atoms with E-state index in [1.165, 1.54) is 6.07 Å². The maximum Gasteiger partial charge on any atom is 0.417 e. The van der Waals surface area contributed by atoms with Crippen molar-refractivity contribution in [2.24, 2.45) is 0 Å². The van der Waals surface area contributed by atoms with Crippen LogP contribution in [0.15, 0.2) is 72.9 Å². The highest BCUT2D eigenvalue weighted by atomic mass is 35.5. The number of fused-ring (bicyclic) bond motifs is 1. The number of nitrogens with zero attached hydrogens (tertiary/aromatic N) is 2. The molecule has 4 rings (SSSR count). The summed E-state index contributed by atoms with van der Waals surface area (Å²) in [7, 11) is 0. The zero-order valence-electron chi connectivity index (χ0n) is 14.4. The van der Waals surface area contributed by atoms with Gasteiger partial charge in [0, 0.05) is 19.3 Å². The van der Waals surface area contributed by atoms with E-state index >= 15 is 0 Å². The molecule has 27 heavy (non-hydrogen) atoms. The zero-order chi connectivity index (χ0) is 18.1. The number of hydrogen-bond acceptors (Lipinski definition) is 2. The smallest absolute Gasteiger partial charge is 0.282 e. The van der Waals surface area contributed by atoms with Crippen LogP contribution in [0, 0.1) is 0 Å². The number of alkyl halides is 3. The molecule has 0 radical (unpaired) electrons. The Balaban J connectivity index is 0.00000210. The lowest BCUT2D eigenvalue weighted by Gasteiger charge is -2.28. The van der Waals surface area contributed by atoms with Gasteiger partial charge in [-0.3, -0.25) is 9.88 Å². The summed E-state index contributed by atoms with van der Waals surface area (Å²) in [6.45, 7) is 0.975. The molecule has 3 aromatic rings.